The molecule has 7 nitrogen and oxygen atoms in total. The monoisotopic (exact) mass is 411 g/mol. The molecule has 0 radical (unpaired) electrons. The summed E-state index contributed by atoms with van der Waals surface area (Å²) < 4.78 is 33.1. The van der Waals surface area contributed by atoms with Gasteiger partial charge in [0.05, 0.1) is 28.4 Å². The van der Waals surface area contributed by atoms with Crippen LogP contribution in [0.4, 0.5) is 5.69 Å². The Hall–Kier alpha value is -2.81. The summed E-state index contributed by atoms with van der Waals surface area (Å²) in [4.78, 5) is 17.0. The number of aromatic nitrogens is 1. The molecule has 150 valence electrons. The molecule has 1 aromatic heterocycles. The molecule has 2 heterocycles. The first kappa shape index (κ1) is 19.5. The Morgan fingerprint density at radius 1 is 1.14 bits per heavy atom. The minimum absolute atomic E-state index is 0.0415. The highest BCUT2D eigenvalue weighted by molar-refractivity contribution is 7.89. The van der Waals surface area contributed by atoms with Gasteiger partial charge in [-0.05, 0) is 43.2 Å². The number of hydrogen-bond acceptors (Lipinski definition) is 5. The molecule has 0 bridgehead atoms. The van der Waals surface area contributed by atoms with Crippen molar-refractivity contribution in [3.8, 4) is 0 Å². The largest absolute Gasteiger partial charge is 0.377 e. The second-order valence-corrected chi connectivity index (χ2v) is 8.65. The summed E-state index contributed by atoms with van der Waals surface area (Å²) in [5.74, 6) is -0.404. The molecule has 1 aliphatic heterocycles. The summed E-state index contributed by atoms with van der Waals surface area (Å²) in [6, 6.07) is 15.4. The lowest BCUT2D eigenvalue weighted by atomic mass is 10.2. The van der Waals surface area contributed by atoms with E-state index in [9.17, 15) is 13.2 Å². The van der Waals surface area contributed by atoms with Crippen LogP contribution >= 0.6 is 0 Å². The number of anilines is 1. The number of amides is 1. The number of fused-ring (bicyclic) bond motifs is 1. The van der Waals surface area contributed by atoms with Crippen LogP contribution in [-0.4, -0.2) is 38.6 Å². The van der Waals surface area contributed by atoms with E-state index in [1.165, 1.54) is 12.1 Å². The number of ether oxygens (including phenoxy) is 1. The second kappa shape index (κ2) is 8.28. The molecule has 0 spiro atoms. The number of carbonyl (C=O) groups excluding carboxylic acids is 1. The molecule has 4 rings (SSSR count). The van der Waals surface area contributed by atoms with E-state index in [0.29, 0.717) is 12.3 Å². The number of rotatable bonds is 6. The summed E-state index contributed by atoms with van der Waals surface area (Å²) in [5.41, 5.74) is 1.62. The summed E-state index contributed by atoms with van der Waals surface area (Å²) in [6.07, 6.45) is 3.25. The van der Waals surface area contributed by atoms with Crippen LogP contribution < -0.4 is 10.0 Å². The first-order valence-electron chi connectivity index (χ1n) is 9.39. The zero-order chi connectivity index (χ0) is 20.3. The van der Waals surface area contributed by atoms with Crippen LogP contribution in [0.1, 0.15) is 23.2 Å². The van der Waals surface area contributed by atoms with E-state index in [1.807, 2.05) is 30.3 Å². The van der Waals surface area contributed by atoms with Crippen LogP contribution in [0.25, 0.3) is 10.9 Å². The van der Waals surface area contributed by atoms with Crippen LogP contribution in [0.3, 0.4) is 0 Å². The van der Waals surface area contributed by atoms with E-state index >= 15 is 0 Å². The van der Waals surface area contributed by atoms with Crippen molar-refractivity contribution in [3.05, 3.63) is 66.4 Å². The summed E-state index contributed by atoms with van der Waals surface area (Å²) >= 11 is 0. The predicted molar refractivity (Wildman–Crippen MR) is 110 cm³/mol. The normalized spacial score (nSPS) is 16.8. The van der Waals surface area contributed by atoms with Gasteiger partial charge in [-0.15, -0.1) is 0 Å². The van der Waals surface area contributed by atoms with Gasteiger partial charge in [-0.25, -0.2) is 13.1 Å². The first-order chi connectivity index (χ1) is 14.0. The fourth-order valence-corrected chi connectivity index (χ4v) is 4.35. The van der Waals surface area contributed by atoms with Gasteiger partial charge in [0.2, 0.25) is 10.0 Å². The third-order valence-electron chi connectivity index (χ3n) is 4.78. The smallest absolute Gasteiger partial charge is 0.255 e. The molecular weight excluding hydrogens is 390 g/mol. The molecule has 2 aromatic carbocycles. The summed E-state index contributed by atoms with van der Waals surface area (Å²) in [5, 5.41) is 3.67. The van der Waals surface area contributed by atoms with Crippen molar-refractivity contribution in [3.63, 3.8) is 0 Å². The van der Waals surface area contributed by atoms with Crippen LogP contribution in [0.15, 0.2) is 65.7 Å². The maximum atomic E-state index is 12.6. The molecule has 1 unspecified atom stereocenters. The lowest BCUT2D eigenvalue weighted by Gasteiger charge is -2.12. The molecule has 29 heavy (non-hydrogen) atoms. The predicted octanol–water partition coefficient (Wildman–Crippen LogP) is 2.94. The lowest BCUT2D eigenvalue weighted by Crippen LogP contribution is -2.32. The van der Waals surface area contributed by atoms with Gasteiger partial charge in [-0.2, -0.15) is 0 Å². The average Bonchev–Trinajstić information content (AvgIpc) is 3.26. The van der Waals surface area contributed by atoms with E-state index in [0.717, 1.165) is 23.7 Å². The minimum Gasteiger partial charge on any atom is -0.377 e. The minimum atomic E-state index is -3.73. The van der Waals surface area contributed by atoms with Crippen molar-refractivity contribution in [2.75, 3.05) is 18.5 Å². The lowest BCUT2D eigenvalue weighted by molar-refractivity contribution is 0.102. The van der Waals surface area contributed by atoms with Gasteiger partial charge in [0.15, 0.2) is 0 Å². The zero-order valence-electron chi connectivity index (χ0n) is 15.7. The van der Waals surface area contributed by atoms with E-state index in [4.69, 9.17) is 4.74 Å². The molecule has 2 N–H and O–H groups in total. The van der Waals surface area contributed by atoms with Crippen LogP contribution in [-0.2, 0) is 14.8 Å². The first-order valence-corrected chi connectivity index (χ1v) is 10.9. The van der Waals surface area contributed by atoms with Crippen molar-refractivity contribution in [2.24, 2.45) is 0 Å². The number of sulfonamides is 1. The van der Waals surface area contributed by atoms with Crippen LogP contribution in [0.5, 0.6) is 0 Å². The highest BCUT2D eigenvalue weighted by Crippen LogP contribution is 2.18. The van der Waals surface area contributed by atoms with Gasteiger partial charge in [-0.1, -0.05) is 24.3 Å². The SMILES string of the molecule is O=C(Nc1cnc2ccccc2c1)c1cccc(S(=O)(=O)NCC2CCCO2)c1. The number of carbonyl (C=O) groups is 1. The van der Waals surface area contributed by atoms with Crippen LogP contribution in [0, 0.1) is 0 Å². The number of benzene rings is 2. The average molecular weight is 411 g/mol. The molecule has 0 aliphatic carbocycles. The van der Waals surface area contributed by atoms with E-state index < -0.39 is 15.9 Å². The molecule has 3 aromatic rings. The van der Waals surface area contributed by atoms with Crippen molar-refractivity contribution in [2.45, 2.75) is 23.8 Å². The van der Waals surface area contributed by atoms with Gasteiger partial charge in [-0.3, -0.25) is 9.78 Å². The maximum Gasteiger partial charge on any atom is 0.255 e. The highest BCUT2D eigenvalue weighted by atomic mass is 32.2. The fourth-order valence-electron chi connectivity index (χ4n) is 3.24. The molecule has 1 aliphatic rings. The fraction of sp³-hybridized carbons (Fsp3) is 0.238. The Bertz CT molecular complexity index is 1140. The zero-order valence-corrected chi connectivity index (χ0v) is 16.5. The van der Waals surface area contributed by atoms with Gasteiger partial charge < -0.3 is 10.1 Å². The van der Waals surface area contributed by atoms with Gasteiger partial charge >= 0.3 is 0 Å². The molecule has 1 amide bonds. The Kier molecular flexibility index (Phi) is 5.57. The Balaban J connectivity index is 1.48. The topological polar surface area (TPSA) is 97.4 Å². The van der Waals surface area contributed by atoms with Gasteiger partial charge in [0.25, 0.3) is 5.91 Å². The Morgan fingerprint density at radius 2 is 2.00 bits per heavy atom. The van der Waals surface area contributed by atoms with Gasteiger partial charge in [0, 0.05) is 24.1 Å². The van der Waals surface area contributed by atoms with Crippen LogP contribution in [0.2, 0.25) is 0 Å². The number of pyridine rings is 1. The molecule has 1 atom stereocenters. The molecule has 8 heteroatoms. The van der Waals surface area contributed by atoms with Crippen molar-refractivity contribution >= 4 is 32.5 Å². The molecular formula is C21H21N3O4S. The van der Waals surface area contributed by atoms with Crippen molar-refractivity contribution in [1.82, 2.24) is 9.71 Å². The Morgan fingerprint density at radius 3 is 2.83 bits per heavy atom. The third kappa shape index (κ3) is 4.61. The number of para-hydroxylation sites is 1. The van der Waals surface area contributed by atoms with Crippen molar-refractivity contribution < 1.29 is 17.9 Å². The second-order valence-electron chi connectivity index (χ2n) is 6.89. The maximum absolute atomic E-state index is 12.6. The van der Waals surface area contributed by atoms with E-state index in [-0.39, 0.29) is 23.1 Å². The quantitative estimate of drug-likeness (QED) is 0.650. The molecule has 1 fully saturated rings. The Labute approximate surface area is 169 Å². The number of nitrogens with zero attached hydrogens (tertiary/aromatic N) is 1. The molecule has 0 saturated carbocycles. The van der Waals surface area contributed by atoms with E-state index in [1.54, 1.807) is 18.3 Å². The standard InChI is InChI=1S/C21H21N3O4S/c25-21(24-17-11-15-5-1-2-9-20(15)22-13-17)16-6-3-8-19(12-16)29(26,27)23-14-18-7-4-10-28-18/h1-3,5-6,8-9,11-13,18,23H,4,7,10,14H2,(H,24,25). The summed E-state index contributed by atoms with van der Waals surface area (Å²) in [7, 11) is -3.73. The number of hydrogen-bond donors (Lipinski definition) is 2. The molecule has 1 saturated heterocycles. The van der Waals surface area contributed by atoms with Crippen molar-refractivity contribution in [1.29, 1.82) is 0 Å². The van der Waals surface area contributed by atoms with Gasteiger partial charge in [0.1, 0.15) is 0 Å². The van der Waals surface area contributed by atoms with E-state index in [2.05, 4.69) is 15.0 Å². The summed E-state index contributed by atoms with van der Waals surface area (Å²) in [6.45, 7) is 0.882. The number of nitrogens with one attached hydrogen (secondary N) is 2. The highest BCUT2D eigenvalue weighted by Gasteiger charge is 2.21. The third-order valence-corrected chi connectivity index (χ3v) is 6.20.